The first-order valence-corrected chi connectivity index (χ1v) is 5.77. The van der Waals surface area contributed by atoms with Crippen LogP contribution in [0.15, 0.2) is 0 Å². The highest BCUT2D eigenvalue weighted by Crippen LogP contribution is 2.36. The van der Waals surface area contributed by atoms with Gasteiger partial charge in [0.15, 0.2) is 0 Å². The van der Waals surface area contributed by atoms with Gasteiger partial charge in [0.25, 0.3) is 0 Å². The number of nitrogens with two attached hydrogens (primary N) is 1. The molecule has 1 heterocycles. The zero-order valence-electron chi connectivity index (χ0n) is 7.76. The molecule has 1 saturated heterocycles. The molecule has 0 unspecified atom stereocenters. The van der Waals surface area contributed by atoms with Crippen molar-refractivity contribution in [1.82, 2.24) is 0 Å². The zero-order valence-corrected chi connectivity index (χ0v) is 8.66. The fourth-order valence-corrected chi connectivity index (χ4v) is 1.56. The normalized spacial score (nSPS) is 37.9. The van der Waals surface area contributed by atoms with Crippen LogP contribution in [0.5, 0.6) is 0 Å². The second-order valence-corrected chi connectivity index (χ2v) is 4.54. The van der Waals surface area contributed by atoms with E-state index in [4.69, 9.17) is 20.3 Å². The molecule has 0 spiro atoms. The molecule has 0 radical (unpaired) electrons. The Balaban J connectivity index is 2.46. The third-order valence-corrected chi connectivity index (χ3v) is 2.56. The van der Waals surface area contributed by atoms with Crippen LogP contribution in [0.1, 0.15) is 0 Å². The summed E-state index contributed by atoms with van der Waals surface area (Å²) in [6, 6.07) is -0.716. The standard InChI is InChI=1S/C6H14NO7P/c7-3-1-13-4(6(9)5(3)8)2-14-15(10,11)12/h3-6,8-9H,1-2,7H2,(H2,10,11,12)/t3-,4+,5+,6+/m0/s1. The second-order valence-electron chi connectivity index (χ2n) is 3.30. The van der Waals surface area contributed by atoms with Gasteiger partial charge in [-0.3, -0.25) is 4.52 Å². The van der Waals surface area contributed by atoms with Gasteiger partial charge in [-0.25, -0.2) is 4.57 Å². The molecule has 4 atom stereocenters. The van der Waals surface area contributed by atoms with Gasteiger partial charge in [-0.2, -0.15) is 0 Å². The molecule has 9 heteroatoms. The molecule has 0 aromatic rings. The SMILES string of the molecule is N[C@H]1CO[C@H](COP(=O)(O)O)[C@@H](O)[C@@H]1O. The Morgan fingerprint density at radius 2 is 2.00 bits per heavy atom. The Morgan fingerprint density at radius 1 is 1.40 bits per heavy atom. The lowest BCUT2D eigenvalue weighted by Gasteiger charge is -2.35. The van der Waals surface area contributed by atoms with Gasteiger partial charge in [0, 0.05) is 0 Å². The fraction of sp³-hybridized carbons (Fsp3) is 1.00. The van der Waals surface area contributed by atoms with Crippen LogP contribution in [0.4, 0.5) is 0 Å². The number of rotatable bonds is 3. The molecule has 0 bridgehead atoms. The van der Waals surface area contributed by atoms with E-state index in [2.05, 4.69) is 4.52 Å². The molecular formula is C6H14NO7P. The van der Waals surface area contributed by atoms with Crippen LogP contribution in [0.25, 0.3) is 0 Å². The Hall–Kier alpha value is -0.0500. The van der Waals surface area contributed by atoms with Gasteiger partial charge in [0.2, 0.25) is 0 Å². The summed E-state index contributed by atoms with van der Waals surface area (Å²) in [7, 11) is -4.60. The Morgan fingerprint density at radius 3 is 2.53 bits per heavy atom. The second kappa shape index (κ2) is 4.86. The molecule has 15 heavy (non-hydrogen) atoms. The number of hydrogen-bond acceptors (Lipinski definition) is 6. The monoisotopic (exact) mass is 243 g/mol. The number of phosphoric ester groups is 1. The highest BCUT2D eigenvalue weighted by molar-refractivity contribution is 7.46. The predicted octanol–water partition coefficient (Wildman–Crippen LogP) is -2.46. The lowest BCUT2D eigenvalue weighted by atomic mass is 9.99. The van der Waals surface area contributed by atoms with Crippen LogP contribution in [0, 0.1) is 0 Å². The Kier molecular flexibility index (Phi) is 4.21. The minimum absolute atomic E-state index is 0.00654. The summed E-state index contributed by atoms with van der Waals surface area (Å²) in [5, 5.41) is 18.8. The van der Waals surface area contributed by atoms with E-state index >= 15 is 0 Å². The van der Waals surface area contributed by atoms with E-state index in [1.165, 1.54) is 0 Å². The summed E-state index contributed by atoms with van der Waals surface area (Å²) >= 11 is 0. The van der Waals surface area contributed by atoms with Gasteiger partial charge in [-0.1, -0.05) is 0 Å². The van der Waals surface area contributed by atoms with Gasteiger partial charge in [0.1, 0.15) is 12.2 Å². The number of phosphoric acid groups is 1. The smallest absolute Gasteiger partial charge is 0.389 e. The molecule has 0 amide bonds. The van der Waals surface area contributed by atoms with Crippen molar-refractivity contribution in [2.75, 3.05) is 13.2 Å². The summed E-state index contributed by atoms with van der Waals surface area (Å²) < 4.78 is 19.5. The molecule has 1 fully saturated rings. The van der Waals surface area contributed by atoms with Crippen molar-refractivity contribution in [1.29, 1.82) is 0 Å². The van der Waals surface area contributed by atoms with E-state index in [9.17, 15) is 14.8 Å². The molecule has 1 rings (SSSR count). The van der Waals surface area contributed by atoms with Crippen molar-refractivity contribution in [2.24, 2.45) is 5.73 Å². The summed E-state index contributed by atoms with van der Waals surface area (Å²) in [5.41, 5.74) is 5.38. The highest BCUT2D eigenvalue weighted by Gasteiger charge is 2.37. The van der Waals surface area contributed by atoms with E-state index in [1.54, 1.807) is 0 Å². The third kappa shape index (κ3) is 3.78. The first-order valence-electron chi connectivity index (χ1n) is 4.24. The molecule has 1 aliphatic heterocycles. The maximum atomic E-state index is 10.4. The van der Waals surface area contributed by atoms with E-state index in [1.807, 2.05) is 0 Å². The number of ether oxygens (including phenoxy) is 1. The van der Waals surface area contributed by atoms with Crippen LogP contribution in [-0.2, 0) is 13.8 Å². The first-order chi connectivity index (χ1) is 6.81. The van der Waals surface area contributed by atoms with Crippen molar-refractivity contribution in [3.8, 4) is 0 Å². The molecule has 0 aromatic heterocycles. The van der Waals surface area contributed by atoms with Crippen LogP contribution < -0.4 is 5.73 Å². The number of hydrogen-bond donors (Lipinski definition) is 5. The topological polar surface area (TPSA) is 142 Å². The summed E-state index contributed by atoms with van der Waals surface area (Å²) in [6.45, 7) is -0.511. The fourth-order valence-electron chi connectivity index (χ4n) is 1.22. The molecule has 0 aliphatic carbocycles. The molecule has 0 saturated carbocycles. The van der Waals surface area contributed by atoms with E-state index in [0.717, 1.165) is 0 Å². The minimum atomic E-state index is -4.60. The zero-order chi connectivity index (χ0) is 11.6. The number of aliphatic hydroxyl groups is 2. The van der Waals surface area contributed by atoms with Crippen LogP contribution in [0.2, 0.25) is 0 Å². The maximum Gasteiger partial charge on any atom is 0.469 e. The first kappa shape index (κ1) is 13.0. The highest BCUT2D eigenvalue weighted by atomic mass is 31.2. The van der Waals surface area contributed by atoms with Crippen molar-refractivity contribution in [3.63, 3.8) is 0 Å². The average Bonchev–Trinajstić information content (AvgIpc) is 2.12. The van der Waals surface area contributed by atoms with E-state index < -0.39 is 38.8 Å². The van der Waals surface area contributed by atoms with Gasteiger partial charge in [-0.05, 0) is 0 Å². The van der Waals surface area contributed by atoms with Crippen LogP contribution >= 0.6 is 7.82 Å². The van der Waals surface area contributed by atoms with Crippen LogP contribution in [0.3, 0.4) is 0 Å². The van der Waals surface area contributed by atoms with E-state index in [-0.39, 0.29) is 6.61 Å². The summed E-state index contributed by atoms with van der Waals surface area (Å²) in [6.07, 6.45) is -3.50. The molecule has 6 N–H and O–H groups in total. The molecule has 8 nitrogen and oxygen atoms in total. The summed E-state index contributed by atoms with van der Waals surface area (Å²) in [5.74, 6) is 0. The third-order valence-electron chi connectivity index (χ3n) is 2.08. The maximum absolute atomic E-state index is 10.4. The molecule has 0 aromatic carbocycles. The van der Waals surface area contributed by atoms with Gasteiger partial charge in [-0.15, -0.1) is 0 Å². The van der Waals surface area contributed by atoms with Crippen molar-refractivity contribution >= 4 is 7.82 Å². The minimum Gasteiger partial charge on any atom is -0.389 e. The van der Waals surface area contributed by atoms with Crippen molar-refractivity contribution in [3.05, 3.63) is 0 Å². The summed E-state index contributed by atoms with van der Waals surface area (Å²) in [4.78, 5) is 16.8. The lowest BCUT2D eigenvalue weighted by molar-refractivity contribution is -0.154. The van der Waals surface area contributed by atoms with Crippen LogP contribution in [-0.4, -0.2) is 57.6 Å². The van der Waals surface area contributed by atoms with Gasteiger partial charge < -0.3 is 30.5 Å². The van der Waals surface area contributed by atoms with Gasteiger partial charge >= 0.3 is 7.82 Å². The van der Waals surface area contributed by atoms with Crippen molar-refractivity contribution in [2.45, 2.75) is 24.4 Å². The van der Waals surface area contributed by atoms with Gasteiger partial charge in [0.05, 0.1) is 25.4 Å². The average molecular weight is 243 g/mol. The predicted molar refractivity (Wildman–Crippen MR) is 47.7 cm³/mol. The quantitative estimate of drug-likeness (QED) is 0.343. The number of aliphatic hydroxyl groups excluding tert-OH is 2. The molecular weight excluding hydrogens is 229 g/mol. The largest absolute Gasteiger partial charge is 0.469 e. The molecule has 90 valence electrons. The Labute approximate surface area is 85.9 Å². The lowest BCUT2D eigenvalue weighted by Crippen LogP contribution is -2.57. The molecule has 1 aliphatic rings. The van der Waals surface area contributed by atoms with E-state index in [0.29, 0.717) is 0 Å². The Bertz CT molecular complexity index is 256. The van der Waals surface area contributed by atoms with Crippen molar-refractivity contribution < 1.29 is 33.8 Å².